The van der Waals surface area contributed by atoms with E-state index in [4.69, 9.17) is 40.4 Å². The van der Waals surface area contributed by atoms with Crippen LogP contribution in [-0.4, -0.2) is 21.1 Å². The minimum atomic E-state index is -0.299. The van der Waals surface area contributed by atoms with Crippen LogP contribution >= 0.6 is 23.2 Å². The summed E-state index contributed by atoms with van der Waals surface area (Å²) < 4.78 is 0. The Morgan fingerprint density at radius 1 is 1.14 bits per heavy atom. The molecule has 8 heteroatoms. The fourth-order valence-corrected chi connectivity index (χ4v) is 4.41. The second-order valence-electron chi connectivity index (χ2n) is 7.55. The van der Waals surface area contributed by atoms with Gasteiger partial charge in [-0.1, -0.05) is 43.5 Å². The van der Waals surface area contributed by atoms with Crippen LogP contribution in [0.25, 0.3) is 11.3 Å². The average molecular weight is 440 g/mol. The molecule has 1 heterocycles. The number of aromatic nitrogens is 2. The number of anilines is 2. The number of halogens is 2. The minimum Gasteiger partial charge on any atom is -0.397 e. The van der Waals surface area contributed by atoms with Crippen LogP contribution in [0.1, 0.15) is 57.3 Å². The summed E-state index contributed by atoms with van der Waals surface area (Å²) in [4.78, 5) is 8.41. The Morgan fingerprint density at radius 2 is 1.79 bits per heavy atom. The molecule has 0 aliphatic heterocycles. The fourth-order valence-electron chi connectivity index (χ4n) is 3.98. The molecule has 1 aliphatic carbocycles. The molecule has 160 valence electrons. The maximum atomic E-state index is 9.19. The van der Waals surface area contributed by atoms with Crippen molar-refractivity contribution in [2.45, 2.75) is 65.5 Å². The number of aliphatic hydroxyl groups is 1. The maximum absolute atomic E-state index is 9.19. The molecule has 29 heavy (non-hydrogen) atoms. The Bertz CT molecular complexity index is 855. The van der Waals surface area contributed by atoms with Crippen molar-refractivity contribution in [1.82, 2.24) is 9.97 Å². The van der Waals surface area contributed by atoms with Crippen molar-refractivity contribution in [2.75, 3.05) is 11.5 Å². The van der Waals surface area contributed by atoms with Crippen molar-refractivity contribution in [1.29, 1.82) is 0 Å². The highest BCUT2D eigenvalue weighted by atomic mass is 35.5. The SMILES string of the molecule is CCC1(CC)CCC[C@H]1N.Cc1nc(N)c(CO)nc1-c1ccc(N)c(Cl)c1Cl. The molecule has 1 aromatic heterocycles. The van der Waals surface area contributed by atoms with Gasteiger partial charge in [-0.05, 0) is 50.2 Å². The number of benzene rings is 1. The quantitative estimate of drug-likeness (QED) is 0.510. The predicted molar refractivity (Wildman–Crippen MR) is 122 cm³/mol. The first-order valence-electron chi connectivity index (χ1n) is 9.94. The molecule has 1 atom stereocenters. The van der Waals surface area contributed by atoms with E-state index in [1.807, 2.05) is 0 Å². The Labute approximate surface area is 182 Å². The maximum Gasteiger partial charge on any atom is 0.147 e. The molecule has 1 saturated carbocycles. The lowest BCUT2D eigenvalue weighted by atomic mass is 9.78. The minimum absolute atomic E-state index is 0.196. The molecule has 1 aliphatic rings. The average Bonchev–Trinajstić information content (AvgIpc) is 3.08. The van der Waals surface area contributed by atoms with Gasteiger partial charge < -0.3 is 22.3 Å². The van der Waals surface area contributed by atoms with Crippen molar-refractivity contribution < 1.29 is 5.11 Å². The molecule has 1 fully saturated rings. The van der Waals surface area contributed by atoms with E-state index < -0.39 is 0 Å². The normalized spacial score (nSPS) is 17.7. The van der Waals surface area contributed by atoms with Crippen molar-refractivity contribution in [3.8, 4) is 11.3 Å². The lowest BCUT2D eigenvalue weighted by molar-refractivity contribution is 0.237. The third-order valence-electron chi connectivity index (χ3n) is 6.07. The summed E-state index contributed by atoms with van der Waals surface area (Å²) in [6, 6.07) is 3.83. The third kappa shape index (κ3) is 4.94. The summed E-state index contributed by atoms with van der Waals surface area (Å²) in [6.45, 7) is 6.00. The Balaban J connectivity index is 0.000000253. The van der Waals surface area contributed by atoms with Gasteiger partial charge >= 0.3 is 0 Å². The van der Waals surface area contributed by atoms with Gasteiger partial charge in [0.15, 0.2) is 0 Å². The molecular weight excluding hydrogens is 409 g/mol. The Morgan fingerprint density at radius 3 is 2.28 bits per heavy atom. The number of hydrogen-bond donors (Lipinski definition) is 4. The molecule has 0 saturated heterocycles. The summed E-state index contributed by atoms with van der Waals surface area (Å²) in [5.74, 6) is 0.196. The topological polar surface area (TPSA) is 124 Å². The molecule has 2 aromatic rings. The van der Waals surface area contributed by atoms with E-state index in [0.717, 1.165) is 0 Å². The zero-order valence-electron chi connectivity index (χ0n) is 17.3. The van der Waals surface area contributed by atoms with Gasteiger partial charge in [-0.2, -0.15) is 0 Å². The fraction of sp³-hybridized carbons (Fsp3) is 0.524. The number of aryl methyl sites for hydroxylation is 1. The smallest absolute Gasteiger partial charge is 0.147 e. The van der Waals surface area contributed by atoms with Gasteiger partial charge in [0.25, 0.3) is 0 Å². The second kappa shape index (κ2) is 9.94. The van der Waals surface area contributed by atoms with Crippen LogP contribution < -0.4 is 17.2 Å². The van der Waals surface area contributed by atoms with E-state index in [2.05, 4.69) is 23.8 Å². The number of nitrogen functional groups attached to an aromatic ring is 2. The van der Waals surface area contributed by atoms with Gasteiger partial charge in [0.2, 0.25) is 0 Å². The Kier molecular flexibility index (Phi) is 8.11. The Hall–Kier alpha value is -1.60. The molecule has 7 N–H and O–H groups in total. The van der Waals surface area contributed by atoms with Crippen LogP contribution in [-0.2, 0) is 6.61 Å². The molecule has 0 amide bonds. The highest BCUT2D eigenvalue weighted by molar-refractivity contribution is 6.45. The largest absolute Gasteiger partial charge is 0.397 e. The zero-order chi connectivity index (χ0) is 21.8. The molecule has 0 radical (unpaired) electrons. The molecule has 0 unspecified atom stereocenters. The van der Waals surface area contributed by atoms with Crippen molar-refractivity contribution in [2.24, 2.45) is 11.1 Å². The van der Waals surface area contributed by atoms with Crippen LogP contribution in [0.2, 0.25) is 10.0 Å². The van der Waals surface area contributed by atoms with E-state index in [9.17, 15) is 5.11 Å². The van der Waals surface area contributed by atoms with E-state index in [0.29, 0.717) is 44.8 Å². The van der Waals surface area contributed by atoms with Crippen molar-refractivity contribution in [3.05, 3.63) is 33.6 Å². The summed E-state index contributed by atoms with van der Waals surface area (Å²) >= 11 is 12.2. The van der Waals surface area contributed by atoms with Crippen LogP contribution in [0.3, 0.4) is 0 Å². The first kappa shape index (κ1) is 23.7. The van der Waals surface area contributed by atoms with Gasteiger partial charge in [-0.15, -0.1) is 0 Å². The summed E-state index contributed by atoms with van der Waals surface area (Å²) in [5.41, 5.74) is 20.3. The van der Waals surface area contributed by atoms with Gasteiger partial charge in [-0.3, -0.25) is 0 Å². The summed E-state index contributed by atoms with van der Waals surface area (Å²) in [7, 11) is 0. The zero-order valence-corrected chi connectivity index (χ0v) is 18.8. The molecule has 0 bridgehead atoms. The van der Waals surface area contributed by atoms with Crippen LogP contribution in [0.4, 0.5) is 11.5 Å². The van der Waals surface area contributed by atoms with E-state index in [1.54, 1.807) is 19.1 Å². The van der Waals surface area contributed by atoms with Crippen molar-refractivity contribution in [3.63, 3.8) is 0 Å². The highest BCUT2D eigenvalue weighted by Gasteiger charge is 2.37. The van der Waals surface area contributed by atoms with Crippen LogP contribution in [0.5, 0.6) is 0 Å². The third-order valence-corrected chi connectivity index (χ3v) is 6.97. The number of aliphatic hydroxyl groups excluding tert-OH is 1. The number of nitrogens with zero attached hydrogens (tertiary/aromatic N) is 2. The summed E-state index contributed by atoms with van der Waals surface area (Å²) in [5, 5.41) is 9.75. The first-order valence-corrected chi connectivity index (χ1v) is 10.7. The lowest BCUT2D eigenvalue weighted by Gasteiger charge is -2.30. The highest BCUT2D eigenvalue weighted by Crippen LogP contribution is 2.42. The number of rotatable bonds is 4. The van der Waals surface area contributed by atoms with Crippen LogP contribution in [0.15, 0.2) is 12.1 Å². The van der Waals surface area contributed by atoms with Gasteiger partial charge in [0.05, 0.1) is 33.7 Å². The van der Waals surface area contributed by atoms with Crippen molar-refractivity contribution >= 4 is 34.7 Å². The molecular formula is C21H31Cl2N5O. The van der Waals surface area contributed by atoms with Crippen LogP contribution in [0, 0.1) is 12.3 Å². The second-order valence-corrected chi connectivity index (χ2v) is 8.30. The van der Waals surface area contributed by atoms with Gasteiger partial charge in [-0.25, -0.2) is 9.97 Å². The molecule has 6 nitrogen and oxygen atoms in total. The predicted octanol–water partition coefficient (Wildman–Crippen LogP) is 4.72. The molecule has 0 spiro atoms. The van der Waals surface area contributed by atoms with E-state index in [1.165, 1.54) is 32.1 Å². The molecule has 3 rings (SSSR count). The van der Waals surface area contributed by atoms with Gasteiger partial charge in [0, 0.05) is 11.6 Å². The summed E-state index contributed by atoms with van der Waals surface area (Å²) in [6.07, 6.45) is 6.50. The monoisotopic (exact) mass is 439 g/mol. The molecule has 1 aromatic carbocycles. The number of hydrogen-bond acceptors (Lipinski definition) is 6. The lowest BCUT2D eigenvalue weighted by Crippen LogP contribution is -2.35. The first-order chi connectivity index (χ1) is 13.7. The standard InChI is InChI=1S/C12H12Cl2N4O.C9H19N/c1-5-11(18-8(4-19)12(16)17-5)6-2-3-7(15)10(14)9(6)13;1-3-9(4-2)7-5-6-8(9)10/h2-3,19H,4,15H2,1H3,(H2,16,17);8H,3-7,10H2,1-2H3/t;8-/m.1/s1. The van der Waals surface area contributed by atoms with E-state index in [-0.39, 0.29) is 17.4 Å². The van der Waals surface area contributed by atoms with E-state index >= 15 is 0 Å². The van der Waals surface area contributed by atoms with Gasteiger partial charge in [0.1, 0.15) is 11.5 Å². The number of nitrogens with two attached hydrogens (primary N) is 3.